The molecule has 0 aliphatic carbocycles. The van der Waals surface area contributed by atoms with E-state index in [-0.39, 0.29) is 21.7 Å². The van der Waals surface area contributed by atoms with Crippen molar-refractivity contribution in [3.05, 3.63) is 228 Å². The zero-order valence-electron chi connectivity index (χ0n) is 41.9. The second-order valence-corrected chi connectivity index (χ2v) is 21.9. The van der Waals surface area contributed by atoms with Gasteiger partial charge in [-0.15, -0.1) is 0 Å². The number of nitrogens with zero attached hydrogens (tertiary/aromatic N) is 4. The van der Waals surface area contributed by atoms with Crippen molar-refractivity contribution in [2.75, 3.05) is 16.5 Å². The van der Waals surface area contributed by atoms with E-state index in [0.29, 0.717) is 6.67 Å². The number of anilines is 2. The van der Waals surface area contributed by atoms with E-state index in [2.05, 4.69) is 272 Å². The zero-order chi connectivity index (χ0) is 48.3. The van der Waals surface area contributed by atoms with Crippen LogP contribution in [0, 0.1) is 5.41 Å². The zero-order valence-corrected chi connectivity index (χ0v) is 41.9. The molecule has 0 fully saturated rings. The minimum absolute atomic E-state index is 0.0347. The average molecular weight is 905 g/mol. The van der Waals surface area contributed by atoms with Crippen LogP contribution in [0.5, 0.6) is 11.5 Å². The summed E-state index contributed by atoms with van der Waals surface area (Å²) in [4.78, 5) is 9.95. The maximum absolute atomic E-state index is 7.14. The van der Waals surface area contributed by atoms with Crippen LogP contribution in [0.3, 0.4) is 0 Å². The summed E-state index contributed by atoms with van der Waals surface area (Å²) in [5.74, 6) is 2.40. The lowest BCUT2D eigenvalue weighted by Gasteiger charge is -2.32. The molecule has 0 spiro atoms. The summed E-state index contributed by atoms with van der Waals surface area (Å²) >= 11 is 0. The third kappa shape index (κ3) is 8.72. The number of benzene rings is 7. The predicted molar refractivity (Wildman–Crippen MR) is 290 cm³/mol. The van der Waals surface area contributed by atoms with Crippen LogP contribution >= 0.6 is 0 Å². The fourth-order valence-corrected chi connectivity index (χ4v) is 10.0. The minimum Gasteiger partial charge on any atom is -0.457 e. The second kappa shape index (κ2) is 17.3. The summed E-state index contributed by atoms with van der Waals surface area (Å²) in [6, 6.07) is 65.7. The number of aromatic nitrogens is 2. The number of hydrogen-bond donors (Lipinski definition) is 0. The van der Waals surface area contributed by atoms with Crippen molar-refractivity contribution in [1.29, 1.82) is 0 Å². The van der Waals surface area contributed by atoms with E-state index in [1.54, 1.807) is 0 Å². The van der Waals surface area contributed by atoms with Crippen molar-refractivity contribution in [3.8, 4) is 28.4 Å². The molecular weight excluding hydrogens is 841 g/mol. The van der Waals surface area contributed by atoms with Gasteiger partial charge < -0.3 is 14.5 Å². The number of ether oxygens (including phenoxy) is 1. The van der Waals surface area contributed by atoms with Gasteiger partial charge in [-0.2, -0.15) is 0 Å². The van der Waals surface area contributed by atoms with Crippen molar-refractivity contribution >= 4 is 33.2 Å². The number of fused-ring (bicyclic) bond motifs is 3. The second-order valence-electron chi connectivity index (χ2n) is 21.9. The van der Waals surface area contributed by atoms with Gasteiger partial charge in [0, 0.05) is 68.6 Å². The summed E-state index contributed by atoms with van der Waals surface area (Å²) in [7, 11) is 0. The molecule has 7 aromatic carbocycles. The molecule has 0 saturated heterocycles. The van der Waals surface area contributed by atoms with Gasteiger partial charge in [0.2, 0.25) is 0 Å². The van der Waals surface area contributed by atoms with E-state index < -0.39 is 0 Å². The van der Waals surface area contributed by atoms with E-state index in [1.165, 1.54) is 50.3 Å². The monoisotopic (exact) mass is 905 g/mol. The first-order chi connectivity index (χ1) is 32.9. The molecule has 0 atom stereocenters. The van der Waals surface area contributed by atoms with Crippen LogP contribution in [0.1, 0.15) is 97.1 Å². The van der Waals surface area contributed by atoms with Crippen LogP contribution in [0.4, 0.5) is 11.4 Å². The molecule has 346 valence electrons. The molecule has 0 bridgehead atoms. The Kier molecular flexibility index (Phi) is 11.4. The first kappa shape index (κ1) is 45.4. The fraction of sp³-hybridized carbons (Fsp3) is 0.234. The molecule has 0 unspecified atom stereocenters. The average Bonchev–Trinajstić information content (AvgIpc) is 3.95. The highest BCUT2D eigenvalue weighted by atomic mass is 16.5. The van der Waals surface area contributed by atoms with Crippen LogP contribution in [0.25, 0.3) is 38.8 Å². The van der Waals surface area contributed by atoms with Gasteiger partial charge in [0.05, 0.1) is 17.7 Å². The normalized spacial score (nSPS) is 13.6. The Morgan fingerprint density at radius 1 is 0.435 bits per heavy atom. The Balaban J connectivity index is 1.11. The molecule has 0 radical (unpaired) electrons. The SMILES string of the molecule is CC(C)(C)C1=CN(c2cc(Oc3ccc4c5cc(-c6ccccc6)ccc5n(-c5cc(C(C)(C)c6ccccc6)ccn5)c4c3)cc(C(C)(C)c3ccccc3)c2)CN1c1cccc(C(C)(C)C)c1. The Bertz CT molecular complexity index is 3350. The molecule has 0 amide bonds. The Labute approximate surface area is 409 Å². The molecule has 0 N–H and O–H groups in total. The van der Waals surface area contributed by atoms with E-state index in [9.17, 15) is 0 Å². The molecule has 2 aromatic heterocycles. The van der Waals surface area contributed by atoms with Crippen LogP contribution in [-0.4, -0.2) is 16.2 Å². The predicted octanol–water partition coefficient (Wildman–Crippen LogP) is 16.8. The number of rotatable bonds is 10. The highest BCUT2D eigenvalue weighted by Crippen LogP contribution is 2.44. The molecule has 9 aromatic rings. The van der Waals surface area contributed by atoms with E-state index in [1.807, 2.05) is 6.20 Å². The number of allylic oxidation sites excluding steroid dienone is 1. The summed E-state index contributed by atoms with van der Waals surface area (Å²) in [6.45, 7) is 23.6. The van der Waals surface area contributed by atoms with Crippen LogP contribution < -0.4 is 14.5 Å². The first-order valence-electron chi connectivity index (χ1n) is 24.4. The van der Waals surface area contributed by atoms with Crippen LogP contribution in [0.15, 0.2) is 200 Å². The van der Waals surface area contributed by atoms with Gasteiger partial charge in [-0.25, -0.2) is 4.98 Å². The summed E-state index contributed by atoms with van der Waals surface area (Å²) in [6.07, 6.45) is 4.30. The van der Waals surface area contributed by atoms with Gasteiger partial charge >= 0.3 is 0 Å². The lowest BCUT2D eigenvalue weighted by atomic mass is 9.78. The van der Waals surface area contributed by atoms with Crippen molar-refractivity contribution in [2.24, 2.45) is 5.41 Å². The molecule has 5 nitrogen and oxygen atoms in total. The van der Waals surface area contributed by atoms with Crippen molar-refractivity contribution in [1.82, 2.24) is 9.55 Å². The molecule has 0 saturated carbocycles. The smallest absolute Gasteiger partial charge is 0.137 e. The molecular formula is C64H64N4O. The quantitative estimate of drug-likeness (QED) is 0.137. The Morgan fingerprint density at radius 2 is 1.07 bits per heavy atom. The Hall–Kier alpha value is -7.37. The van der Waals surface area contributed by atoms with E-state index in [0.717, 1.165) is 44.8 Å². The molecule has 1 aliphatic heterocycles. The van der Waals surface area contributed by atoms with Crippen molar-refractivity contribution in [3.63, 3.8) is 0 Å². The lowest BCUT2D eigenvalue weighted by Crippen LogP contribution is -2.31. The molecule has 5 heteroatoms. The highest BCUT2D eigenvalue weighted by Gasteiger charge is 2.33. The summed E-state index contributed by atoms with van der Waals surface area (Å²) in [5, 5.41) is 2.30. The maximum atomic E-state index is 7.14. The number of pyridine rings is 1. The first-order valence-corrected chi connectivity index (χ1v) is 24.4. The van der Waals surface area contributed by atoms with E-state index >= 15 is 0 Å². The standard InChI is InChI=1S/C64H64N4O/c1-61(2,3)48-27-20-28-51(36-48)67-43-66(42-59(67)62(4,5)6)52-37-50(64(9,10)47-25-18-13-19-26-47)38-54(40-52)69-53-30-31-55-56-35-45(44-21-14-11-15-22-44)29-32-57(56)68(58(55)41-53)60-39-49(33-34-65-60)63(7,8)46-23-16-12-17-24-46/h11-42H,43H2,1-10H3. The van der Waals surface area contributed by atoms with Crippen LogP contribution in [-0.2, 0) is 16.2 Å². The van der Waals surface area contributed by atoms with E-state index in [4.69, 9.17) is 9.72 Å². The molecule has 3 heterocycles. The summed E-state index contributed by atoms with van der Waals surface area (Å²) < 4.78 is 9.45. The van der Waals surface area contributed by atoms with Gasteiger partial charge in [0.1, 0.15) is 17.3 Å². The minimum atomic E-state index is -0.316. The summed E-state index contributed by atoms with van der Waals surface area (Å²) in [5.41, 5.74) is 13.6. The number of hydrogen-bond acceptors (Lipinski definition) is 4. The molecule has 10 rings (SSSR count). The molecule has 69 heavy (non-hydrogen) atoms. The third-order valence-corrected chi connectivity index (χ3v) is 14.4. The fourth-order valence-electron chi connectivity index (χ4n) is 10.0. The molecule has 1 aliphatic rings. The highest BCUT2D eigenvalue weighted by molar-refractivity contribution is 6.10. The van der Waals surface area contributed by atoms with Crippen molar-refractivity contribution in [2.45, 2.75) is 85.5 Å². The topological polar surface area (TPSA) is 33.5 Å². The van der Waals surface area contributed by atoms with Gasteiger partial charge in [-0.1, -0.05) is 178 Å². The Morgan fingerprint density at radius 3 is 1.74 bits per heavy atom. The largest absolute Gasteiger partial charge is 0.457 e. The van der Waals surface area contributed by atoms with Gasteiger partial charge in [-0.05, 0) is 105 Å². The van der Waals surface area contributed by atoms with Crippen LogP contribution in [0.2, 0.25) is 0 Å². The van der Waals surface area contributed by atoms with Gasteiger partial charge in [-0.3, -0.25) is 4.57 Å². The van der Waals surface area contributed by atoms with Gasteiger partial charge in [0.15, 0.2) is 0 Å². The van der Waals surface area contributed by atoms with Crippen molar-refractivity contribution < 1.29 is 4.74 Å². The maximum Gasteiger partial charge on any atom is 0.137 e. The third-order valence-electron chi connectivity index (χ3n) is 14.4. The van der Waals surface area contributed by atoms with Gasteiger partial charge in [0.25, 0.3) is 0 Å². The lowest BCUT2D eigenvalue weighted by molar-refractivity contribution is 0.480.